The van der Waals surface area contributed by atoms with Crippen molar-refractivity contribution in [1.82, 2.24) is 0 Å². The van der Waals surface area contributed by atoms with Gasteiger partial charge in [-0.25, -0.2) is 0 Å². The van der Waals surface area contributed by atoms with Crippen LogP contribution in [0.15, 0.2) is 0 Å². The zero-order valence-corrected chi connectivity index (χ0v) is 5.98. The van der Waals surface area contributed by atoms with Gasteiger partial charge in [0.2, 0.25) is 0 Å². The summed E-state index contributed by atoms with van der Waals surface area (Å²) < 4.78 is 0. The van der Waals surface area contributed by atoms with Crippen molar-refractivity contribution in [3.63, 3.8) is 0 Å². The van der Waals surface area contributed by atoms with Crippen LogP contribution in [0.5, 0.6) is 0 Å². The standard InChI is InChI=1S/Cu.Fe.Ni.Rh. The van der Waals surface area contributed by atoms with Gasteiger partial charge in [0, 0.05) is 70.1 Å². The fourth-order valence-corrected chi connectivity index (χ4v) is 0. The Hall–Kier alpha value is 2.16. The molecule has 0 nitrogen and oxygen atoms in total. The van der Waals surface area contributed by atoms with Crippen molar-refractivity contribution in [3.8, 4) is 0 Å². The molecule has 0 aromatic rings. The Morgan fingerprint density at radius 1 is 1.00 bits per heavy atom. The van der Waals surface area contributed by atoms with E-state index >= 15 is 0 Å². The Morgan fingerprint density at radius 3 is 1.00 bits per heavy atom. The van der Waals surface area contributed by atoms with Crippen molar-refractivity contribution in [3.05, 3.63) is 0 Å². The van der Waals surface area contributed by atoms with Crippen molar-refractivity contribution >= 4 is 0 Å². The quantitative estimate of drug-likeness (QED) is 0.548. The van der Waals surface area contributed by atoms with E-state index in [4.69, 9.17) is 0 Å². The third-order valence-electron chi connectivity index (χ3n) is 0. The van der Waals surface area contributed by atoms with E-state index in [0.717, 1.165) is 0 Å². The molecular formula is CuFeNiRh. The van der Waals surface area contributed by atoms with Gasteiger partial charge in [-0.2, -0.15) is 0 Å². The normalized spacial score (nSPS) is 0. The summed E-state index contributed by atoms with van der Waals surface area (Å²) in [6.45, 7) is 0. The van der Waals surface area contributed by atoms with Crippen LogP contribution < -0.4 is 0 Å². The van der Waals surface area contributed by atoms with Gasteiger partial charge in [0.05, 0.1) is 0 Å². The van der Waals surface area contributed by atoms with E-state index in [-0.39, 0.29) is 70.1 Å². The molecule has 0 spiro atoms. The van der Waals surface area contributed by atoms with E-state index in [1.54, 1.807) is 0 Å². The fourth-order valence-electron chi connectivity index (χ4n) is 0. The van der Waals surface area contributed by atoms with E-state index in [0.29, 0.717) is 0 Å². The molecule has 0 amide bonds. The first-order valence-corrected chi connectivity index (χ1v) is 0. The zero-order chi connectivity index (χ0) is 0. The van der Waals surface area contributed by atoms with E-state index in [9.17, 15) is 0 Å². The monoisotopic (exact) mass is 280 g/mol. The predicted octanol–water partition coefficient (Wildman–Crippen LogP) is -0.0100. The van der Waals surface area contributed by atoms with Gasteiger partial charge in [0.25, 0.3) is 0 Å². The van der Waals surface area contributed by atoms with Crippen LogP contribution >= 0.6 is 0 Å². The van der Waals surface area contributed by atoms with Crippen LogP contribution in [0.1, 0.15) is 0 Å². The van der Waals surface area contributed by atoms with Gasteiger partial charge in [-0.1, -0.05) is 0 Å². The van der Waals surface area contributed by atoms with Gasteiger partial charge in [0.1, 0.15) is 0 Å². The molecule has 38 valence electrons. The maximum atomic E-state index is 0. The minimum Gasteiger partial charge on any atom is 0 e. The van der Waals surface area contributed by atoms with Crippen LogP contribution in [0.2, 0.25) is 0 Å². The minimum absolute atomic E-state index is 0. The summed E-state index contributed by atoms with van der Waals surface area (Å²) >= 11 is 0. The van der Waals surface area contributed by atoms with Crippen LogP contribution in [0.4, 0.5) is 0 Å². The number of hydrogen-bond acceptors (Lipinski definition) is 0. The second kappa shape index (κ2) is 19.2. The van der Waals surface area contributed by atoms with Crippen LogP contribution in [0, 0.1) is 0 Å². The van der Waals surface area contributed by atoms with E-state index in [1.807, 2.05) is 0 Å². The van der Waals surface area contributed by atoms with Crippen LogP contribution in [-0.4, -0.2) is 0 Å². The number of rotatable bonds is 0. The fraction of sp³-hybridized carbons (Fsp3) is 0. The summed E-state index contributed by atoms with van der Waals surface area (Å²) in [6.07, 6.45) is 0. The third kappa shape index (κ3) is 8.91. The Bertz CT molecular complexity index is 8.00. The first-order chi connectivity index (χ1) is 0. The molecule has 0 unspecified atom stereocenters. The van der Waals surface area contributed by atoms with Crippen molar-refractivity contribution in [2.24, 2.45) is 0 Å². The van der Waals surface area contributed by atoms with Gasteiger partial charge in [-0.15, -0.1) is 0 Å². The molecule has 4 heavy (non-hydrogen) atoms. The molecule has 4 heteroatoms. The molecule has 0 saturated heterocycles. The Morgan fingerprint density at radius 2 is 1.00 bits per heavy atom. The second-order valence-electron chi connectivity index (χ2n) is 0. The average molecular weight is 281 g/mol. The molecular weight excluding hydrogens is 281 g/mol. The summed E-state index contributed by atoms with van der Waals surface area (Å²) in [5.41, 5.74) is 0. The Balaban J connectivity index is 0. The molecule has 0 N–H and O–H groups in total. The molecule has 0 bridgehead atoms. The SMILES string of the molecule is [Cu].[Fe].[Ni].[Rh]. The molecule has 0 aliphatic carbocycles. The molecule has 0 atom stereocenters. The van der Waals surface area contributed by atoms with E-state index < -0.39 is 0 Å². The third-order valence-corrected chi connectivity index (χ3v) is 0. The summed E-state index contributed by atoms with van der Waals surface area (Å²) in [4.78, 5) is 0. The molecule has 0 heterocycles. The topological polar surface area (TPSA) is 0 Å². The van der Waals surface area contributed by atoms with Crippen LogP contribution in [-0.2, 0) is 70.1 Å². The summed E-state index contributed by atoms with van der Waals surface area (Å²) in [6, 6.07) is 0. The molecule has 2 radical (unpaired) electrons. The van der Waals surface area contributed by atoms with Crippen molar-refractivity contribution in [2.75, 3.05) is 0 Å². The average Bonchev–Trinajstić information content (AvgIpc) is 0. The van der Waals surface area contributed by atoms with Crippen LogP contribution in [0.3, 0.4) is 0 Å². The summed E-state index contributed by atoms with van der Waals surface area (Å²) in [7, 11) is 0. The second-order valence-corrected chi connectivity index (χ2v) is 0. The van der Waals surface area contributed by atoms with Gasteiger partial charge < -0.3 is 0 Å². The first-order valence-electron chi connectivity index (χ1n) is 0. The van der Waals surface area contributed by atoms with E-state index in [2.05, 4.69) is 0 Å². The van der Waals surface area contributed by atoms with Crippen LogP contribution in [0.25, 0.3) is 0 Å². The molecule has 0 aliphatic heterocycles. The molecule has 0 rings (SSSR count). The van der Waals surface area contributed by atoms with Crippen molar-refractivity contribution in [2.45, 2.75) is 0 Å². The van der Waals surface area contributed by atoms with Gasteiger partial charge in [-0.3, -0.25) is 0 Å². The Labute approximate surface area is 69.5 Å². The molecule has 0 saturated carbocycles. The summed E-state index contributed by atoms with van der Waals surface area (Å²) in [5.74, 6) is 0. The molecule has 0 aliphatic rings. The maximum absolute atomic E-state index is 0. The maximum Gasteiger partial charge on any atom is 0 e. The Kier molecular flexibility index (Phi) is 169. The molecule has 0 aromatic heterocycles. The first kappa shape index (κ1) is 35.2. The van der Waals surface area contributed by atoms with Crippen molar-refractivity contribution in [1.29, 1.82) is 0 Å². The molecule has 0 aromatic carbocycles. The zero-order valence-electron chi connectivity index (χ0n) is 1.30. The molecule has 0 fully saturated rings. The predicted molar refractivity (Wildman–Crippen MR) is 0 cm³/mol. The largest absolute Gasteiger partial charge is 0 e. The van der Waals surface area contributed by atoms with Crippen molar-refractivity contribution < 1.29 is 70.1 Å². The van der Waals surface area contributed by atoms with Gasteiger partial charge in [0.15, 0.2) is 0 Å². The van der Waals surface area contributed by atoms with E-state index in [1.165, 1.54) is 0 Å². The number of hydrogen-bond donors (Lipinski definition) is 0. The summed E-state index contributed by atoms with van der Waals surface area (Å²) in [5, 5.41) is 0. The van der Waals surface area contributed by atoms with Gasteiger partial charge >= 0.3 is 0 Å². The van der Waals surface area contributed by atoms with Gasteiger partial charge in [-0.05, 0) is 0 Å². The minimum atomic E-state index is 0. The smallest absolute Gasteiger partial charge is 0 e.